The number of aryl methyl sites for hydroxylation is 1. The number of likely N-dealkylation sites (tertiary alicyclic amines) is 1. The van der Waals surface area contributed by atoms with Gasteiger partial charge in [-0.05, 0) is 67.1 Å². The van der Waals surface area contributed by atoms with Gasteiger partial charge < -0.3 is 15.3 Å². The van der Waals surface area contributed by atoms with E-state index in [0.29, 0.717) is 24.1 Å². The van der Waals surface area contributed by atoms with Gasteiger partial charge in [-0.25, -0.2) is 4.68 Å². The lowest BCUT2D eigenvalue weighted by molar-refractivity contribution is -0.145. The molecular formula is C30H35F3N4O3. The molecule has 1 fully saturated rings. The van der Waals surface area contributed by atoms with Gasteiger partial charge in [0.05, 0.1) is 17.3 Å². The average molecular weight is 557 g/mol. The fourth-order valence-electron chi connectivity index (χ4n) is 5.23. The normalized spacial score (nSPS) is 18.6. The van der Waals surface area contributed by atoms with Gasteiger partial charge in [-0.2, -0.15) is 18.3 Å². The Morgan fingerprint density at radius 2 is 1.85 bits per heavy atom. The highest BCUT2D eigenvalue weighted by Crippen LogP contribution is 2.32. The second-order valence-corrected chi connectivity index (χ2v) is 10.7. The first-order valence-electron chi connectivity index (χ1n) is 13.5. The molecule has 1 aromatic heterocycles. The third-order valence-corrected chi connectivity index (χ3v) is 7.46. The van der Waals surface area contributed by atoms with Crippen molar-refractivity contribution >= 4 is 11.9 Å². The zero-order valence-corrected chi connectivity index (χ0v) is 22.9. The first kappa shape index (κ1) is 29.3. The van der Waals surface area contributed by atoms with E-state index < -0.39 is 36.6 Å². The SMILES string of the molecule is Cc1cc(-n2ccc(C(C)C)n2)ccc1C(CCC(F)(F)F)NC1CCN(C(=O)c2ccccc2)CC1C(=O)O. The number of benzene rings is 2. The molecule has 4 rings (SSSR count). The van der Waals surface area contributed by atoms with Gasteiger partial charge in [0.1, 0.15) is 0 Å². The Morgan fingerprint density at radius 1 is 1.12 bits per heavy atom. The molecule has 214 valence electrons. The molecule has 7 nitrogen and oxygen atoms in total. The summed E-state index contributed by atoms with van der Waals surface area (Å²) in [5, 5.41) is 17.9. The van der Waals surface area contributed by atoms with Crippen LogP contribution in [-0.2, 0) is 4.79 Å². The van der Waals surface area contributed by atoms with Crippen LogP contribution in [0.4, 0.5) is 13.2 Å². The maximum atomic E-state index is 13.3. The Hall–Kier alpha value is -3.66. The Labute approximate surface area is 232 Å². The summed E-state index contributed by atoms with van der Waals surface area (Å²) in [7, 11) is 0. The van der Waals surface area contributed by atoms with Crippen molar-refractivity contribution in [3.63, 3.8) is 0 Å². The number of halogens is 3. The van der Waals surface area contributed by atoms with Gasteiger partial charge in [-0.1, -0.05) is 38.1 Å². The van der Waals surface area contributed by atoms with Gasteiger partial charge in [-0.15, -0.1) is 0 Å². The number of nitrogens with one attached hydrogen (secondary N) is 1. The number of hydrogen-bond donors (Lipinski definition) is 2. The lowest BCUT2D eigenvalue weighted by atomic mass is 9.88. The topological polar surface area (TPSA) is 87.5 Å². The number of rotatable bonds is 9. The molecule has 2 aromatic carbocycles. The van der Waals surface area contributed by atoms with Crippen molar-refractivity contribution in [1.29, 1.82) is 0 Å². The number of piperidine rings is 1. The molecule has 0 radical (unpaired) electrons. The predicted octanol–water partition coefficient (Wildman–Crippen LogP) is 5.89. The molecule has 1 amide bonds. The molecule has 3 unspecified atom stereocenters. The third-order valence-electron chi connectivity index (χ3n) is 7.46. The number of carbonyl (C=O) groups is 2. The predicted molar refractivity (Wildman–Crippen MR) is 145 cm³/mol. The number of amides is 1. The second kappa shape index (κ2) is 12.2. The number of carbonyl (C=O) groups excluding carboxylic acids is 1. The van der Waals surface area contributed by atoms with Gasteiger partial charge in [-0.3, -0.25) is 9.59 Å². The van der Waals surface area contributed by atoms with E-state index >= 15 is 0 Å². The van der Waals surface area contributed by atoms with Crippen LogP contribution in [0.3, 0.4) is 0 Å². The lowest BCUT2D eigenvalue weighted by Gasteiger charge is -2.39. The molecule has 0 bridgehead atoms. The smallest absolute Gasteiger partial charge is 0.389 e. The van der Waals surface area contributed by atoms with Crippen LogP contribution in [0.5, 0.6) is 0 Å². The van der Waals surface area contributed by atoms with E-state index in [4.69, 9.17) is 0 Å². The number of carboxylic acid groups (broad SMARTS) is 1. The summed E-state index contributed by atoms with van der Waals surface area (Å²) in [5.74, 6) is -2.06. The summed E-state index contributed by atoms with van der Waals surface area (Å²) in [5.41, 5.74) is 3.65. The van der Waals surface area contributed by atoms with E-state index in [1.807, 2.05) is 45.2 Å². The highest BCUT2D eigenvalue weighted by atomic mass is 19.4. The Bertz CT molecular complexity index is 1320. The highest BCUT2D eigenvalue weighted by Gasteiger charge is 2.38. The molecule has 0 aliphatic carbocycles. The van der Waals surface area contributed by atoms with Crippen molar-refractivity contribution in [2.45, 2.75) is 64.2 Å². The third kappa shape index (κ3) is 7.10. The van der Waals surface area contributed by atoms with Crippen LogP contribution in [0, 0.1) is 12.8 Å². The van der Waals surface area contributed by atoms with E-state index in [-0.39, 0.29) is 24.8 Å². The standard InChI is InChI=1S/C30H35F3N4O3/c1-19(2)25-13-16-37(35-25)22-9-10-23(20(3)17-22)26(11-14-30(31,32)33)34-27-12-15-36(18-24(27)29(39)40)28(38)21-7-5-4-6-8-21/h4-10,13,16-17,19,24,26-27,34H,11-12,14-15,18H2,1-3H3,(H,39,40). The van der Waals surface area contributed by atoms with E-state index in [1.165, 1.54) is 4.90 Å². The van der Waals surface area contributed by atoms with Crippen LogP contribution < -0.4 is 5.32 Å². The molecule has 0 saturated carbocycles. The van der Waals surface area contributed by atoms with Gasteiger partial charge in [0, 0.05) is 43.4 Å². The van der Waals surface area contributed by atoms with Crippen molar-refractivity contribution in [1.82, 2.24) is 20.0 Å². The number of carboxylic acids is 1. The monoisotopic (exact) mass is 556 g/mol. The fraction of sp³-hybridized carbons (Fsp3) is 0.433. The van der Waals surface area contributed by atoms with Crippen molar-refractivity contribution in [3.05, 3.63) is 83.2 Å². The van der Waals surface area contributed by atoms with Crippen LogP contribution in [0.2, 0.25) is 0 Å². The zero-order chi connectivity index (χ0) is 29.0. The molecule has 2 N–H and O–H groups in total. The van der Waals surface area contributed by atoms with E-state index in [0.717, 1.165) is 16.9 Å². The lowest BCUT2D eigenvalue weighted by Crippen LogP contribution is -2.54. The minimum atomic E-state index is -4.35. The Balaban J connectivity index is 1.56. The molecule has 0 spiro atoms. The zero-order valence-electron chi connectivity index (χ0n) is 22.9. The quantitative estimate of drug-likeness (QED) is 0.343. The maximum Gasteiger partial charge on any atom is 0.389 e. The van der Waals surface area contributed by atoms with E-state index in [9.17, 15) is 27.9 Å². The largest absolute Gasteiger partial charge is 0.481 e. The van der Waals surface area contributed by atoms with Crippen LogP contribution >= 0.6 is 0 Å². The molecule has 40 heavy (non-hydrogen) atoms. The van der Waals surface area contributed by atoms with Crippen LogP contribution in [-0.4, -0.2) is 57.0 Å². The summed E-state index contributed by atoms with van der Waals surface area (Å²) in [4.78, 5) is 26.7. The van der Waals surface area contributed by atoms with Crippen molar-refractivity contribution in [3.8, 4) is 5.69 Å². The summed E-state index contributed by atoms with van der Waals surface area (Å²) in [6.07, 6.45) is -3.44. The van der Waals surface area contributed by atoms with Crippen molar-refractivity contribution < 1.29 is 27.9 Å². The van der Waals surface area contributed by atoms with E-state index in [1.54, 1.807) is 41.1 Å². The molecule has 3 atom stereocenters. The Morgan fingerprint density at radius 3 is 2.45 bits per heavy atom. The number of aromatic nitrogens is 2. The molecule has 3 aromatic rings. The minimum absolute atomic E-state index is 0.0257. The summed E-state index contributed by atoms with van der Waals surface area (Å²) in [6, 6.07) is 14.7. The molecule has 1 aliphatic rings. The summed E-state index contributed by atoms with van der Waals surface area (Å²) >= 11 is 0. The second-order valence-electron chi connectivity index (χ2n) is 10.7. The van der Waals surface area contributed by atoms with Gasteiger partial charge in [0.25, 0.3) is 5.91 Å². The minimum Gasteiger partial charge on any atom is -0.481 e. The van der Waals surface area contributed by atoms with Gasteiger partial charge in [0.2, 0.25) is 0 Å². The number of hydrogen-bond acceptors (Lipinski definition) is 4. The number of nitrogens with zero attached hydrogens (tertiary/aromatic N) is 3. The molecular weight excluding hydrogens is 521 g/mol. The first-order chi connectivity index (χ1) is 18.9. The van der Waals surface area contributed by atoms with Crippen LogP contribution in [0.25, 0.3) is 5.69 Å². The maximum absolute atomic E-state index is 13.3. The molecule has 2 heterocycles. The first-order valence-corrected chi connectivity index (χ1v) is 13.5. The molecule has 1 saturated heterocycles. The Kier molecular flexibility index (Phi) is 8.98. The van der Waals surface area contributed by atoms with Crippen LogP contribution in [0.15, 0.2) is 60.8 Å². The summed E-state index contributed by atoms with van der Waals surface area (Å²) in [6.45, 7) is 6.21. The number of aliphatic carboxylic acids is 1. The van der Waals surface area contributed by atoms with Crippen molar-refractivity contribution in [2.75, 3.05) is 13.1 Å². The average Bonchev–Trinajstić information content (AvgIpc) is 3.42. The highest BCUT2D eigenvalue weighted by molar-refractivity contribution is 5.94. The number of alkyl halides is 3. The van der Waals surface area contributed by atoms with Gasteiger partial charge >= 0.3 is 12.1 Å². The van der Waals surface area contributed by atoms with Gasteiger partial charge in [0.15, 0.2) is 0 Å². The van der Waals surface area contributed by atoms with E-state index in [2.05, 4.69) is 10.4 Å². The fourth-order valence-corrected chi connectivity index (χ4v) is 5.23. The molecule has 10 heteroatoms. The summed E-state index contributed by atoms with van der Waals surface area (Å²) < 4.78 is 41.6. The van der Waals surface area contributed by atoms with Crippen molar-refractivity contribution in [2.24, 2.45) is 5.92 Å². The molecule has 1 aliphatic heterocycles. The van der Waals surface area contributed by atoms with Crippen LogP contribution in [0.1, 0.15) is 72.2 Å².